The zero-order valence-corrected chi connectivity index (χ0v) is 10.2. The normalized spacial score (nSPS) is 9.89. The minimum absolute atomic E-state index is 0.109. The second-order valence-electron chi connectivity index (χ2n) is 3.93. The first-order valence-electron chi connectivity index (χ1n) is 5.55. The van der Waals surface area contributed by atoms with Crippen LogP contribution in [0.15, 0.2) is 34.7 Å². The molecule has 0 spiro atoms. The third kappa shape index (κ3) is 2.93. The summed E-state index contributed by atoms with van der Waals surface area (Å²) in [5.41, 5.74) is 1.17. The number of ether oxygens (including phenoxy) is 1. The Morgan fingerprint density at radius 3 is 2.89 bits per heavy atom. The maximum absolute atomic E-state index is 10.8. The second kappa shape index (κ2) is 5.27. The number of carboxylic acid groups (broad SMARTS) is 1. The molecular formula is C14H11NO4. The van der Waals surface area contributed by atoms with Gasteiger partial charge in [0.05, 0.1) is 11.6 Å². The molecule has 1 N–H and O–H groups in total. The van der Waals surface area contributed by atoms with Crippen molar-refractivity contribution in [2.24, 2.45) is 0 Å². The van der Waals surface area contributed by atoms with Crippen LogP contribution >= 0.6 is 0 Å². The number of nitriles is 1. The van der Waals surface area contributed by atoms with Gasteiger partial charge in [-0.15, -0.1) is 0 Å². The summed E-state index contributed by atoms with van der Waals surface area (Å²) >= 11 is 0. The predicted octanol–water partition coefficient (Wildman–Crippen LogP) is 2.74. The molecule has 0 amide bonds. The largest absolute Gasteiger partial charge is 0.489 e. The van der Waals surface area contributed by atoms with E-state index in [1.807, 2.05) is 6.07 Å². The van der Waals surface area contributed by atoms with Gasteiger partial charge in [-0.3, -0.25) is 0 Å². The Bertz CT molecular complexity index is 652. The van der Waals surface area contributed by atoms with Crippen LogP contribution in [0.2, 0.25) is 0 Å². The van der Waals surface area contributed by atoms with Crippen molar-refractivity contribution in [3.63, 3.8) is 0 Å². The minimum atomic E-state index is -1.11. The van der Waals surface area contributed by atoms with E-state index in [2.05, 4.69) is 0 Å². The zero-order valence-electron chi connectivity index (χ0n) is 10.2. The SMILES string of the molecule is Cc1oc(C(=O)O)cc1COc1cccc(C#N)c1. The van der Waals surface area contributed by atoms with Crippen molar-refractivity contribution in [1.29, 1.82) is 5.26 Å². The molecule has 5 nitrogen and oxygen atoms in total. The van der Waals surface area contributed by atoms with Crippen LogP contribution in [-0.2, 0) is 6.61 Å². The molecule has 2 aromatic rings. The Morgan fingerprint density at radius 1 is 1.47 bits per heavy atom. The van der Waals surface area contributed by atoms with Crippen molar-refractivity contribution in [2.75, 3.05) is 0 Å². The molecule has 0 fully saturated rings. The van der Waals surface area contributed by atoms with Gasteiger partial charge in [0.1, 0.15) is 18.1 Å². The van der Waals surface area contributed by atoms with Gasteiger partial charge in [0.15, 0.2) is 0 Å². The lowest BCUT2D eigenvalue weighted by Gasteiger charge is -2.05. The minimum Gasteiger partial charge on any atom is -0.489 e. The monoisotopic (exact) mass is 257 g/mol. The van der Waals surface area contributed by atoms with Crippen LogP contribution in [0.4, 0.5) is 0 Å². The number of rotatable bonds is 4. The highest BCUT2D eigenvalue weighted by atomic mass is 16.5. The lowest BCUT2D eigenvalue weighted by molar-refractivity contribution is 0.0661. The molecule has 1 heterocycles. The van der Waals surface area contributed by atoms with E-state index in [-0.39, 0.29) is 12.4 Å². The Kier molecular flexibility index (Phi) is 3.53. The molecule has 2 rings (SSSR count). The summed E-state index contributed by atoms with van der Waals surface area (Å²) in [6.45, 7) is 1.87. The average Bonchev–Trinajstić information content (AvgIpc) is 2.78. The standard InChI is InChI=1S/C14H11NO4/c1-9-11(6-13(19-9)14(16)17)8-18-12-4-2-3-10(5-12)7-15/h2-6H,8H2,1H3,(H,16,17). The van der Waals surface area contributed by atoms with Gasteiger partial charge in [-0.1, -0.05) is 6.07 Å². The van der Waals surface area contributed by atoms with E-state index in [9.17, 15) is 4.79 Å². The van der Waals surface area contributed by atoms with Crippen molar-refractivity contribution >= 4 is 5.97 Å². The van der Waals surface area contributed by atoms with Crippen LogP contribution < -0.4 is 4.74 Å². The van der Waals surface area contributed by atoms with Gasteiger partial charge in [-0.2, -0.15) is 5.26 Å². The number of carboxylic acids is 1. The number of aromatic carboxylic acids is 1. The molecule has 0 bridgehead atoms. The van der Waals surface area contributed by atoms with E-state index in [0.717, 1.165) is 0 Å². The highest BCUT2D eigenvalue weighted by Crippen LogP contribution is 2.19. The number of benzene rings is 1. The van der Waals surface area contributed by atoms with Crippen LogP contribution in [0.5, 0.6) is 5.75 Å². The fourth-order valence-corrected chi connectivity index (χ4v) is 1.59. The van der Waals surface area contributed by atoms with Crippen molar-refractivity contribution in [3.8, 4) is 11.8 Å². The van der Waals surface area contributed by atoms with Crippen LogP contribution in [-0.4, -0.2) is 11.1 Å². The first kappa shape index (κ1) is 12.7. The lowest BCUT2D eigenvalue weighted by Crippen LogP contribution is -1.96. The summed E-state index contributed by atoms with van der Waals surface area (Å²) in [6, 6.07) is 10.2. The Balaban J connectivity index is 2.10. The maximum Gasteiger partial charge on any atom is 0.371 e. The molecule has 1 aromatic carbocycles. The van der Waals surface area contributed by atoms with Gasteiger partial charge < -0.3 is 14.3 Å². The first-order valence-corrected chi connectivity index (χ1v) is 5.55. The van der Waals surface area contributed by atoms with E-state index < -0.39 is 5.97 Å². The average molecular weight is 257 g/mol. The molecule has 0 saturated heterocycles. The molecule has 0 atom stereocenters. The van der Waals surface area contributed by atoms with Crippen LogP contribution in [0.1, 0.15) is 27.4 Å². The summed E-state index contributed by atoms with van der Waals surface area (Å²) < 4.78 is 10.6. The number of aryl methyl sites for hydroxylation is 1. The smallest absolute Gasteiger partial charge is 0.371 e. The Hall–Kier alpha value is -2.74. The van der Waals surface area contributed by atoms with E-state index in [1.54, 1.807) is 31.2 Å². The Labute approximate surface area is 109 Å². The quantitative estimate of drug-likeness (QED) is 0.910. The van der Waals surface area contributed by atoms with E-state index in [0.29, 0.717) is 22.6 Å². The third-order valence-electron chi connectivity index (χ3n) is 2.59. The van der Waals surface area contributed by atoms with Crippen molar-refractivity contribution in [2.45, 2.75) is 13.5 Å². The van der Waals surface area contributed by atoms with Gasteiger partial charge in [-0.25, -0.2) is 4.79 Å². The second-order valence-corrected chi connectivity index (χ2v) is 3.93. The molecule has 0 saturated carbocycles. The summed E-state index contributed by atoms with van der Waals surface area (Å²) in [4.78, 5) is 10.8. The maximum atomic E-state index is 10.8. The number of carbonyl (C=O) groups is 1. The van der Waals surface area contributed by atoms with Gasteiger partial charge in [0.25, 0.3) is 0 Å². The van der Waals surface area contributed by atoms with Crippen LogP contribution in [0.3, 0.4) is 0 Å². The summed E-state index contributed by atoms with van der Waals surface area (Å²) in [5, 5.41) is 17.6. The van der Waals surface area contributed by atoms with Gasteiger partial charge in [0, 0.05) is 5.56 Å². The molecule has 5 heteroatoms. The molecule has 1 aromatic heterocycles. The third-order valence-corrected chi connectivity index (χ3v) is 2.59. The zero-order chi connectivity index (χ0) is 13.8. The van der Waals surface area contributed by atoms with Gasteiger partial charge in [-0.05, 0) is 31.2 Å². The van der Waals surface area contributed by atoms with E-state index in [1.165, 1.54) is 6.07 Å². The highest BCUT2D eigenvalue weighted by Gasteiger charge is 2.13. The summed E-state index contributed by atoms with van der Waals surface area (Å²) in [7, 11) is 0. The number of hydrogen-bond donors (Lipinski definition) is 1. The molecule has 0 aliphatic carbocycles. The number of nitrogens with zero attached hydrogens (tertiary/aromatic N) is 1. The van der Waals surface area contributed by atoms with Crippen LogP contribution in [0.25, 0.3) is 0 Å². The van der Waals surface area contributed by atoms with Crippen LogP contribution in [0, 0.1) is 18.3 Å². The Morgan fingerprint density at radius 2 is 2.26 bits per heavy atom. The topological polar surface area (TPSA) is 83.5 Å². The molecule has 0 aliphatic rings. The first-order chi connectivity index (χ1) is 9.10. The molecule has 0 unspecified atom stereocenters. The fourth-order valence-electron chi connectivity index (χ4n) is 1.59. The predicted molar refractivity (Wildman–Crippen MR) is 65.9 cm³/mol. The molecule has 0 aliphatic heterocycles. The molecule has 19 heavy (non-hydrogen) atoms. The summed E-state index contributed by atoms with van der Waals surface area (Å²) in [5.74, 6) is -0.159. The summed E-state index contributed by atoms with van der Waals surface area (Å²) in [6.07, 6.45) is 0. The van der Waals surface area contributed by atoms with Gasteiger partial charge >= 0.3 is 5.97 Å². The number of furan rings is 1. The van der Waals surface area contributed by atoms with Gasteiger partial charge in [0.2, 0.25) is 5.76 Å². The molecule has 0 radical (unpaired) electrons. The molecular weight excluding hydrogens is 246 g/mol. The molecule has 96 valence electrons. The fraction of sp³-hybridized carbons (Fsp3) is 0.143. The van der Waals surface area contributed by atoms with E-state index in [4.69, 9.17) is 19.5 Å². The van der Waals surface area contributed by atoms with Crippen molar-refractivity contribution in [3.05, 3.63) is 53.0 Å². The number of hydrogen-bond acceptors (Lipinski definition) is 4. The van der Waals surface area contributed by atoms with Crippen molar-refractivity contribution < 1.29 is 19.1 Å². The van der Waals surface area contributed by atoms with Crippen molar-refractivity contribution in [1.82, 2.24) is 0 Å². The highest BCUT2D eigenvalue weighted by molar-refractivity contribution is 5.84. The van der Waals surface area contributed by atoms with E-state index >= 15 is 0 Å². The lowest BCUT2D eigenvalue weighted by atomic mass is 10.2.